The van der Waals surface area contributed by atoms with Crippen LogP contribution in [0, 0.1) is 0 Å². The molecule has 4 aromatic rings. The van der Waals surface area contributed by atoms with Gasteiger partial charge in [-0.2, -0.15) is 4.98 Å². The van der Waals surface area contributed by atoms with Crippen molar-refractivity contribution in [1.29, 1.82) is 0 Å². The fourth-order valence-corrected chi connectivity index (χ4v) is 3.74. The van der Waals surface area contributed by atoms with Crippen LogP contribution < -0.4 is 14.8 Å². The Morgan fingerprint density at radius 2 is 1.78 bits per heavy atom. The second-order valence-corrected chi connectivity index (χ2v) is 8.18. The van der Waals surface area contributed by atoms with Crippen molar-refractivity contribution in [2.24, 2.45) is 0 Å². The van der Waals surface area contributed by atoms with E-state index in [0.717, 1.165) is 28.3 Å². The molecule has 0 fully saturated rings. The molecule has 0 aliphatic rings. The maximum Gasteiger partial charge on any atom is 0.336 e. The number of rotatable bonds is 13. The van der Waals surface area contributed by atoms with E-state index in [1.54, 1.807) is 11.8 Å². The van der Waals surface area contributed by atoms with Gasteiger partial charge in [0.15, 0.2) is 5.82 Å². The Labute approximate surface area is 211 Å². The number of anilines is 1. The Bertz CT molecular complexity index is 1210. The average Bonchev–Trinajstić information content (AvgIpc) is 3.35. The summed E-state index contributed by atoms with van der Waals surface area (Å²) in [7, 11) is 1.64. The molecule has 0 saturated carbocycles. The van der Waals surface area contributed by atoms with Crippen LogP contribution in [0.2, 0.25) is 0 Å². The SMILES string of the molecule is CCOCCOc1nc(-c2ccc(OC)cc2)n(-c2cccc(NCC(O)Cc3ccccc3)c2)n1. The fourth-order valence-electron chi connectivity index (χ4n) is 3.74. The molecule has 8 nitrogen and oxygen atoms in total. The van der Waals surface area contributed by atoms with Crippen LogP contribution in [-0.2, 0) is 11.2 Å². The Morgan fingerprint density at radius 3 is 2.53 bits per heavy atom. The summed E-state index contributed by atoms with van der Waals surface area (Å²) in [5, 5.41) is 18.4. The van der Waals surface area contributed by atoms with Crippen LogP contribution in [0.1, 0.15) is 12.5 Å². The molecule has 0 aliphatic heterocycles. The molecule has 1 atom stereocenters. The number of benzene rings is 3. The molecular formula is C28H32N4O4. The Balaban J connectivity index is 1.53. The third-order valence-electron chi connectivity index (χ3n) is 5.55. The van der Waals surface area contributed by atoms with Gasteiger partial charge in [0.2, 0.25) is 0 Å². The molecule has 0 radical (unpaired) electrons. The van der Waals surface area contributed by atoms with Gasteiger partial charge in [-0.1, -0.05) is 36.4 Å². The van der Waals surface area contributed by atoms with Crippen molar-refractivity contribution in [2.45, 2.75) is 19.4 Å². The van der Waals surface area contributed by atoms with Gasteiger partial charge in [-0.15, -0.1) is 5.10 Å². The first kappa shape index (κ1) is 25.2. The van der Waals surface area contributed by atoms with Crippen LogP contribution in [0.15, 0.2) is 78.9 Å². The molecule has 0 bridgehead atoms. The highest BCUT2D eigenvalue weighted by Gasteiger charge is 2.16. The first-order valence-electron chi connectivity index (χ1n) is 12.0. The molecule has 3 aromatic carbocycles. The molecule has 188 valence electrons. The summed E-state index contributed by atoms with van der Waals surface area (Å²) in [4.78, 5) is 4.63. The largest absolute Gasteiger partial charge is 0.497 e. The van der Waals surface area contributed by atoms with Gasteiger partial charge in [0, 0.05) is 30.8 Å². The van der Waals surface area contributed by atoms with Crippen LogP contribution in [0.3, 0.4) is 0 Å². The molecule has 4 rings (SSSR count). The Morgan fingerprint density at radius 1 is 0.972 bits per heavy atom. The van der Waals surface area contributed by atoms with E-state index >= 15 is 0 Å². The van der Waals surface area contributed by atoms with E-state index < -0.39 is 6.10 Å². The van der Waals surface area contributed by atoms with Crippen molar-refractivity contribution >= 4 is 5.69 Å². The first-order valence-corrected chi connectivity index (χ1v) is 12.0. The molecule has 0 saturated heterocycles. The number of hydrogen-bond acceptors (Lipinski definition) is 7. The molecule has 1 aromatic heterocycles. The predicted molar refractivity (Wildman–Crippen MR) is 140 cm³/mol. The van der Waals surface area contributed by atoms with Crippen molar-refractivity contribution in [3.05, 3.63) is 84.4 Å². The summed E-state index contributed by atoms with van der Waals surface area (Å²) in [5.74, 6) is 1.41. The number of aliphatic hydroxyl groups excluding tert-OH is 1. The molecule has 0 aliphatic carbocycles. The maximum absolute atomic E-state index is 10.5. The average molecular weight is 489 g/mol. The standard InChI is InChI=1S/C28H32N4O4/c1-3-35-16-17-36-28-30-27(22-12-14-26(34-2)15-13-22)32(31-28)24-11-7-10-23(19-24)29-20-25(33)18-21-8-5-4-6-9-21/h4-15,19,25,29,33H,3,16-18,20H2,1-2H3. The van der Waals surface area contributed by atoms with E-state index in [1.165, 1.54) is 0 Å². The first-order chi connectivity index (χ1) is 17.7. The lowest BCUT2D eigenvalue weighted by molar-refractivity contribution is 0.106. The highest BCUT2D eigenvalue weighted by molar-refractivity contribution is 5.61. The lowest BCUT2D eigenvalue weighted by Gasteiger charge is -2.14. The molecular weight excluding hydrogens is 456 g/mol. The third-order valence-corrected chi connectivity index (χ3v) is 5.55. The zero-order chi connectivity index (χ0) is 25.2. The number of nitrogens with zero attached hydrogens (tertiary/aromatic N) is 3. The van der Waals surface area contributed by atoms with Crippen LogP contribution in [0.25, 0.3) is 17.1 Å². The van der Waals surface area contributed by atoms with Crippen LogP contribution in [0.4, 0.5) is 5.69 Å². The zero-order valence-electron chi connectivity index (χ0n) is 20.6. The van der Waals surface area contributed by atoms with E-state index in [-0.39, 0.29) is 6.01 Å². The number of aliphatic hydroxyl groups is 1. The molecule has 0 spiro atoms. The molecule has 36 heavy (non-hydrogen) atoms. The van der Waals surface area contributed by atoms with Gasteiger partial charge in [-0.05, 0) is 55.0 Å². The smallest absolute Gasteiger partial charge is 0.336 e. The highest BCUT2D eigenvalue weighted by Crippen LogP contribution is 2.26. The molecule has 1 unspecified atom stereocenters. The van der Waals surface area contributed by atoms with E-state index in [2.05, 4.69) is 15.4 Å². The van der Waals surface area contributed by atoms with Crippen molar-refractivity contribution in [3.63, 3.8) is 0 Å². The predicted octanol–water partition coefficient (Wildman–Crippen LogP) is 4.37. The zero-order valence-corrected chi connectivity index (χ0v) is 20.6. The summed E-state index contributed by atoms with van der Waals surface area (Å²) >= 11 is 0. The quantitative estimate of drug-likeness (QED) is 0.270. The van der Waals surface area contributed by atoms with Crippen LogP contribution in [0.5, 0.6) is 11.8 Å². The van der Waals surface area contributed by atoms with Crippen LogP contribution in [-0.4, -0.2) is 59.5 Å². The number of methoxy groups -OCH3 is 1. The van der Waals surface area contributed by atoms with Crippen molar-refractivity contribution in [1.82, 2.24) is 14.8 Å². The van der Waals surface area contributed by atoms with Gasteiger partial charge >= 0.3 is 6.01 Å². The Hall–Kier alpha value is -3.88. The topological polar surface area (TPSA) is 90.7 Å². The molecule has 8 heteroatoms. The van der Waals surface area contributed by atoms with Crippen molar-refractivity contribution in [3.8, 4) is 28.8 Å². The monoisotopic (exact) mass is 488 g/mol. The minimum absolute atomic E-state index is 0.275. The van der Waals surface area contributed by atoms with E-state index in [0.29, 0.717) is 38.6 Å². The number of hydrogen-bond donors (Lipinski definition) is 2. The number of nitrogens with one attached hydrogen (secondary N) is 1. The van der Waals surface area contributed by atoms with Crippen LogP contribution >= 0.6 is 0 Å². The van der Waals surface area contributed by atoms with E-state index in [1.807, 2.05) is 85.8 Å². The minimum Gasteiger partial charge on any atom is -0.497 e. The molecule has 0 amide bonds. The second kappa shape index (κ2) is 12.7. The molecule has 2 N–H and O–H groups in total. The lowest BCUT2D eigenvalue weighted by atomic mass is 10.1. The second-order valence-electron chi connectivity index (χ2n) is 8.18. The van der Waals surface area contributed by atoms with Gasteiger partial charge in [0.25, 0.3) is 0 Å². The fraction of sp³-hybridized carbons (Fsp3) is 0.286. The highest BCUT2D eigenvalue weighted by atomic mass is 16.5. The Kier molecular flexibility index (Phi) is 8.91. The number of ether oxygens (including phenoxy) is 3. The summed E-state index contributed by atoms with van der Waals surface area (Å²) < 4.78 is 18.1. The van der Waals surface area contributed by atoms with Crippen molar-refractivity contribution in [2.75, 3.05) is 38.8 Å². The summed E-state index contributed by atoms with van der Waals surface area (Å²) in [5.41, 5.74) is 3.66. The van der Waals surface area contributed by atoms with Gasteiger partial charge in [-0.25, -0.2) is 4.68 Å². The summed E-state index contributed by atoms with van der Waals surface area (Å²) in [6.07, 6.45) is 0.0725. The summed E-state index contributed by atoms with van der Waals surface area (Å²) in [6.45, 7) is 3.82. The molecule has 1 heterocycles. The van der Waals surface area contributed by atoms with E-state index in [9.17, 15) is 5.11 Å². The van der Waals surface area contributed by atoms with Gasteiger partial charge in [0.1, 0.15) is 12.4 Å². The van der Waals surface area contributed by atoms with Gasteiger partial charge < -0.3 is 24.6 Å². The van der Waals surface area contributed by atoms with Crippen molar-refractivity contribution < 1.29 is 19.3 Å². The third kappa shape index (κ3) is 6.84. The van der Waals surface area contributed by atoms with Gasteiger partial charge in [0.05, 0.1) is 25.5 Å². The minimum atomic E-state index is -0.511. The lowest BCUT2D eigenvalue weighted by Crippen LogP contribution is -2.21. The normalized spacial score (nSPS) is 11.8. The van der Waals surface area contributed by atoms with E-state index in [4.69, 9.17) is 14.2 Å². The maximum atomic E-state index is 10.5. The van der Waals surface area contributed by atoms with Gasteiger partial charge in [-0.3, -0.25) is 0 Å². The number of aromatic nitrogens is 3. The summed E-state index contributed by atoms with van der Waals surface area (Å²) in [6, 6.07) is 25.7.